The Kier molecular flexibility index (Phi) is 25.2. The maximum Gasteiger partial charge on any atom is 1.00 e. The number of aliphatic carboxylic acids is 3. The molecule has 0 aromatic heterocycles. The van der Waals surface area contributed by atoms with Crippen molar-refractivity contribution in [1.82, 2.24) is 5.32 Å². The first-order valence-electron chi connectivity index (χ1n) is 5.62. The largest absolute Gasteiger partial charge is 1.00 e. The molecule has 1 atom stereocenters. The first-order chi connectivity index (χ1) is 9.16. The van der Waals surface area contributed by atoms with Gasteiger partial charge in [0.05, 0.1) is 0 Å². The standard InChI is InChI=1S/C6H14N4O2.C4H6O4.2Na/c7-4(5(11)12)2-1-3-10-6(8)9;5-3(6)1-2-4(7)8;;/h4H,1-3,7H2,(H,11,12)(H4,8,9,10);1-2H2,(H,5,6)(H,7,8);;/q;;2*+1/p-2. The van der Waals surface area contributed by atoms with E-state index in [0.717, 1.165) is 0 Å². The maximum atomic E-state index is 10.2. The van der Waals surface area contributed by atoms with Gasteiger partial charge in [0.15, 0.2) is 5.96 Å². The summed E-state index contributed by atoms with van der Waals surface area (Å²) in [7, 11) is 0. The van der Waals surface area contributed by atoms with Crippen molar-refractivity contribution in [3.63, 3.8) is 0 Å². The second kappa shape index (κ2) is 18.7. The molecule has 0 radical (unpaired) electrons. The van der Waals surface area contributed by atoms with E-state index in [-0.39, 0.29) is 65.1 Å². The molecule has 12 heteroatoms. The van der Waals surface area contributed by atoms with Crippen molar-refractivity contribution in [3.8, 4) is 0 Å². The molecule has 0 aliphatic heterocycles. The normalized spacial score (nSPS) is 9.68. The fraction of sp³-hybridized carbons (Fsp3) is 0.600. The molecule has 0 fully saturated rings. The van der Waals surface area contributed by atoms with Gasteiger partial charge in [0.25, 0.3) is 0 Å². The van der Waals surface area contributed by atoms with E-state index in [9.17, 15) is 24.6 Å². The third-order valence-electron chi connectivity index (χ3n) is 1.86. The minimum atomic E-state index is -1.37. The Labute approximate surface area is 172 Å². The molecular weight excluding hydrogens is 318 g/mol. The fourth-order valence-electron chi connectivity index (χ4n) is 0.873. The molecule has 0 saturated heterocycles. The van der Waals surface area contributed by atoms with E-state index >= 15 is 0 Å². The van der Waals surface area contributed by atoms with Crippen molar-refractivity contribution in [2.75, 3.05) is 6.54 Å². The summed E-state index contributed by atoms with van der Waals surface area (Å²) in [6.45, 7) is 0.482. The number of hydrogen-bond acceptors (Lipinski definition) is 7. The molecule has 0 aromatic carbocycles. The number of carboxylic acid groups (broad SMARTS) is 3. The van der Waals surface area contributed by atoms with Gasteiger partial charge in [-0.05, 0) is 25.7 Å². The van der Waals surface area contributed by atoms with Crippen LogP contribution in [-0.4, -0.2) is 41.6 Å². The topological polar surface area (TPSA) is 205 Å². The smallest absolute Gasteiger partial charge is 0.550 e. The number of hydrogen-bond donors (Lipinski definition) is 5. The molecule has 0 bridgehead atoms. The van der Waals surface area contributed by atoms with Gasteiger partial charge in [-0.3, -0.25) is 10.2 Å². The Balaban J connectivity index is -0.000000144. The molecule has 0 rings (SSSR count). The van der Waals surface area contributed by atoms with E-state index in [4.69, 9.17) is 22.0 Å². The van der Waals surface area contributed by atoms with E-state index in [1.54, 1.807) is 0 Å². The second-order valence-electron chi connectivity index (χ2n) is 3.67. The van der Waals surface area contributed by atoms with Crippen molar-refractivity contribution < 1.29 is 88.8 Å². The fourth-order valence-corrected chi connectivity index (χ4v) is 0.873. The summed E-state index contributed by atoms with van der Waals surface area (Å²) in [6.07, 6.45) is 0.0350. The van der Waals surface area contributed by atoms with E-state index in [1.165, 1.54) is 0 Å². The van der Waals surface area contributed by atoms with Crippen LogP contribution in [0.5, 0.6) is 0 Å². The van der Waals surface area contributed by atoms with Crippen LogP contribution in [0.3, 0.4) is 0 Å². The zero-order chi connectivity index (χ0) is 16.1. The summed E-state index contributed by atoms with van der Waals surface area (Å²) < 4.78 is 0. The number of nitrogens with one attached hydrogen (secondary N) is 2. The van der Waals surface area contributed by atoms with Crippen molar-refractivity contribution in [2.24, 2.45) is 11.5 Å². The van der Waals surface area contributed by atoms with E-state index in [0.29, 0.717) is 19.4 Å². The summed E-state index contributed by atoms with van der Waals surface area (Å²) in [5, 5.41) is 36.7. The first-order valence-corrected chi connectivity index (χ1v) is 5.62. The Bertz CT molecular complexity index is 342. The average Bonchev–Trinajstić information content (AvgIpc) is 2.32. The van der Waals surface area contributed by atoms with Crippen molar-refractivity contribution in [2.45, 2.75) is 31.7 Å². The van der Waals surface area contributed by atoms with Gasteiger partial charge < -0.3 is 41.7 Å². The summed E-state index contributed by atoms with van der Waals surface area (Å²) in [5.74, 6) is -3.85. The van der Waals surface area contributed by atoms with Crippen LogP contribution in [-0.2, 0) is 14.4 Å². The van der Waals surface area contributed by atoms with E-state index < -0.39 is 36.8 Å². The molecule has 1 unspecified atom stereocenters. The Morgan fingerprint density at radius 2 is 1.55 bits per heavy atom. The second-order valence-corrected chi connectivity index (χ2v) is 3.67. The van der Waals surface area contributed by atoms with Crippen LogP contribution in [0.15, 0.2) is 0 Å². The minimum absolute atomic E-state index is 0. The Morgan fingerprint density at radius 3 is 1.82 bits per heavy atom. The first kappa shape index (κ1) is 29.6. The van der Waals surface area contributed by atoms with Crippen LogP contribution in [0.2, 0.25) is 0 Å². The van der Waals surface area contributed by atoms with Gasteiger partial charge in [-0.2, -0.15) is 0 Å². The summed E-state index contributed by atoms with van der Waals surface area (Å²) >= 11 is 0. The molecule has 0 heterocycles. The minimum Gasteiger partial charge on any atom is -0.550 e. The quantitative estimate of drug-likeness (QED) is 0.123. The van der Waals surface area contributed by atoms with Crippen LogP contribution in [0.25, 0.3) is 0 Å². The molecule has 116 valence electrons. The molecule has 0 saturated carbocycles. The third kappa shape index (κ3) is 27.9. The molecule has 22 heavy (non-hydrogen) atoms. The molecule has 0 aliphatic carbocycles. The zero-order valence-electron chi connectivity index (χ0n) is 12.8. The summed E-state index contributed by atoms with van der Waals surface area (Å²) in [5.41, 5.74) is 10.2. The average molecular weight is 336 g/mol. The molecule has 0 amide bonds. The summed E-state index contributed by atoms with van der Waals surface area (Å²) in [6, 6.07) is -0.821. The predicted octanol–water partition coefficient (Wildman–Crippen LogP) is -10.1. The van der Waals surface area contributed by atoms with Crippen LogP contribution in [0.1, 0.15) is 25.7 Å². The number of nitrogens with two attached hydrogens (primary N) is 2. The maximum absolute atomic E-state index is 10.2. The van der Waals surface area contributed by atoms with Crippen LogP contribution in [0.4, 0.5) is 0 Å². The molecule has 0 aliphatic rings. The third-order valence-corrected chi connectivity index (χ3v) is 1.86. The summed E-state index contributed by atoms with van der Waals surface area (Å²) in [4.78, 5) is 29.2. The van der Waals surface area contributed by atoms with Gasteiger partial charge in [0, 0.05) is 18.5 Å². The molecule has 10 nitrogen and oxygen atoms in total. The molecular formula is C10H18N4Na2O6. The van der Waals surface area contributed by atoms with Crippen LogP contribution >= 0.6 is 0 Å². The van der Waals surface area contributed by atoms with E-state index in [2.05, 4.69) is 5.32 Å². The Hall–Kier alpha value is -0.360. The number of carbonyl (C=O) groups excluding carboxylic acids is 2. The Morgan fingerprint density at radius 1 is 1.14 bits per heavy atom. The van der Waals surface area contributed by atoms with Gasteiger partial charge >= 0.3 is 65.1 Å². The van der Waals surface area contributed by atoms with Crippen LogP contribution < -0.4 is 86.1 Å². The zero-order valence-corrected chi connectivity index (χ0v) is 16.8. The predicted molar refractivity (Wildman–Crippen MR) is 64.0 cm³/mol. The van der Waals surface area contributed by atoms with Gasteiger partial charge in [-0.1, -0.05) is 0 Å². The van der Waals surface area contributed by atoms with Crippen molar-refractivity contribution >= 4 is 23.9 Å². The molecule has 0 aromatic rings. The van der Waals surface area contributed by atoms with E-state index in [1.807, 2.05) is 0 Å². The van der Waals surface area contributed by atoms with Crippen LogP contribution in [0, 0.1) is 5.41 Å². The monoisotopic (exact) mass is 336 g/mol. The van der Waals surface area contributed by atoms with Gasteiger partial charge in [0.2, 0.25) is 0 Å². The SMILES string of the molecule is N=C(N)NCCCC(N)C(=O)O.O=C([O-])CCC(=O)[O-].[Na+].[Na+]. The van der Waals surface area contributed by atoms with Crippen molar-refractivity contribution in [1.29, 1.82) is 5.41 Å². The number of carboxylic acids is 3. The molecule has 0 spiro atoms. The van der Waals surface area contributed by atoms with Gasteiger partial charge in [-0.25, -0.2) is 0 Å². The number of carbonyl (C=O) groups is 3. The number of guanidine groups is 1. The van der Waals surface area contributed by atoms with Crippen molar-refractivity contribution in [3.05, 3.63) is 0 Å². The number of rotatable bonds is 8. The van der Waals surface area contributed by atoms with Gasteiger partial charge in [0.1, 0.15) is 6.04 Å². The molecule has 7 N–H and O–H groups in total. The van der Waals surface area contributed by atoms with Gasteiger partial charge in [-0.15, -0.1) is 0 Å².